The van der Waals surface area contributed by atoms with E-state index < -0.39 is 11.9 Å². The second-order valence-electron chi connectivity index (χ2n) is 5.86. The van der Waals surface area contributed by atoms with Gasteiger partial charge in [-0.25, -0.2) is 0 Å². The van der Waals surface area contributed by atoms with Crippen molar-refractivity contribution in [1.29, 1.82) is 0 Å². The summed E-state index contributed by atoms with van der Waals surface area (Å²) < 4.78 is 1.53. The minimum absolute atomic E-state index is 0.277. The maximum absolute atomic E-state index is 12.5. The highest BCUT2D eigenvalue weighted by atomic mass is 16.4. The lowest BCUT2D eigenvalue weighted by Gasteiger charge is -2.17. The molecule has 2 atom stereocenters. The molecule has 1 aromatic heterocycles. The van der Waals surface area contributed by atoms with Crippen molar-refractivity contribution in [2.75, 3.05) is 0 Å². The number of nitrogens with one attached hydrogen (secondary N) is 1. The fraction of sp³-hybridized carbons (Fsp3) is 0.353. The van der Waals surface area contributed by atoms with Gasteiger partial charge in [0.2, 0.25) is 0 Å². The molecule has 6 nitrogen and oxygen atoms in total. The van der Waals surface area contributed by atoms with Crippen molar-refractivity contribution in [3.8, 4) is 11.3 Å². The first-order valence-electron chi connectivity index (χ1n) is 7.69. The number of aliphatic carboxylic acids is 1. The molecule has 1 saturated carbocycles. The largest absolute Gasteiger partial charge is 0.481 e. The monoisotopic (exact) mass is 313 g/mol. The van der Waals surface area contributed by atoms with Crippen LogP contribution in [0.1, 0.15) is 29.8 Å². The van der Waals surface area contributed by atoms with Gasteiger partial charge in [-0.1, -0.05) is 36.8 Å². The van der Waals surface area contributed by atoms with Crippen molar-refractivity contribution in [3.63, 3.8) is 0 Å². The van der Waals surface area contributed by atoms with Crippen molar-refractivity contribution in [2.45, 2.75) is 25.3 Å². The molecular weight excluding hydrogens is 294 g/mol. The van der Waals surface area contributed by atoms with E-state index in [1.165, 1.54) is 4.68 Å². The van der Waals surface area contributed by atoms with E-state index in [9.17, 15) is 14.7 Å². The number of carboxylic acid groups (broad SMARTS) is 1. The van der Waals surface area contributed by atoms with Crippen LogP contribution in [0.3, 0.4) is 0 Å². The lowest BCUT2D eigenvalue weighted by atomic mass is 10.0. The van der Waals surface area contributed by atoms with E-state index in [0.717, 1.165) is 17.7 Å². The molecule has 1 heterocycles. The van der Waals surface area contributed by atoms with Crippen LogP contribution >= 0.6 is 0 Å². The summed E-state index contributed by atoms with van der Waals surface area (Å²) in [4.78, 5) is 23.7. The predicted octanol–water partition coefficient (Wildman–Crippen LogP) is 2.07. The maximum Gasteiger partial charge on any atom is 0.308 e. The summed E-state index contributed by atoms with van der Waals surface area (Å²) in [5, 5.41) is 16.4. The molecular formula is C17H19N3O3. The third-order valence-electron chi connectivity index (χ3n) is 4.33. The fourth-order valence-electron chi connectivity index (χ4n) is 3.10. The van der Waals surface area contributed by atoms with E-state index in [4.69, 9.17) is 0 Å². The fourth-order valence-corrected chi connectivity index (χ4v) is 3.10. The van der Waals surface area contributed by atoms with Crippen LogP contribution in [0, 0.1) is 5.92 Å². The Balaban J connectivity index is 1.78. The molecule has 1 aliphatic carbocycles. The highest BCUT2D eigenvalue weighted by Crippen LogP contribution is 2.26. The molecule has 0 saturated heterocycles. The van der Waals surface area contributed by atoms with Crippen LogP contribution < -0.4 is 5.32 Å². The number of amides is 1. The Morgan fingerprint density at radius 1 is 1.26 bits per heavy atom. The zero-order valence-electron chi connectivity index (χ0n) is 12.9. The van der Waals surface area contributed by atoms with Gasteiger partial charge in [0.05, 0.1) is 11.6 Å². The molecule has 120 valence electrons. The van der Waals surface area contributed by atoms with E-state index in [1.54, 1.807) is 13.1 Å². The average Bonchev–Trinajstić information content (AvgIpc) is 3.14. The van der Waals surface area contributed by atoms with Gasteiger partial charge < -0.3 is 10.4 Å². The van der Waals surface area contributed by atoms with Gasteiger partial charge in [-0.05, 0) is 18.9 Å². The lowest BCUT2D eigenvalue weighted by Crippen LogP contribution is -2.40. The second kappa shape index (κ2) is 6.24. The number of carbonyl (C=O) groups excluding carboxylic acids is 1. The Kier molecular flexibility index (Phi) is 4.14. The molecule has 0 unspecified atom stereocenters. The Bertz CT molecular complexity index is 724. The van der Waals surface area contributed by atoms with Gasteiger partial charge in [-0.2, -0.15) is 5.10 Å². The lowest BCUT2D eigenvalue weighted by molar-refractivity contribution is -0.142. The molecule has 3 rings (SSSR count). The molecule has 23 heavy (non-hydrogen) atoms. The Morgan fingerprint density at radius 2 is 2.00 bits per heavy atom. The maximum atomic E-state index is 12.5. The third kappa shape index (κ3) is 3.11. The third-order valence-corrected chi connectivity index (χ3v) is 4.33. The SMILES string of the molecule is Cn1nc(-c2ccccc2)cc1C(=O)N[C@@H]1CCC[C@@H]1C(=O)O. The summed E-state index contributed by atoms with van der Waals surface area (Å²) in [6, 6.07) is 11.0. The van der Waals surface area contributed by atoms with Crippen molar-refractivity contribution in [2.24, 2.45) is 13.0 Å². The number of hydrogen-bond donors (Lipinski definition) is 2. The van der Waals surface area contributed by atoms with Gasteiger partial charge in [-0.3, -0.25) is 14.3 Å². The Morgan fingerprint density at radius 3 is 2.70 bits per heavy atom. The summed E-state index contributed by atoms with van der Waals surface area (Å²) in [5.74, 6) is -1.62. The number of hydrogen-bond acceptors (Lipinski definition) is 3. The summed E-state index contributed by atoms with van der Waals surface area (Å²) in [6.45, 7) is 0. The average molecular weight is 313 g/mol. The van der Waals surface area contributed by atoms with E-state index in [0.29, 0.717) is 18.5 Å². The molecule has 1 amide bonds. The molecule has 1 fully saturated rings. The first-order valence-corrected chi connectivity index (χ1v) is 7.69. The van der Waals surface area contributed by atoms with Crippen LogP contribution in [0.5, 0.6) is 0 Å². The van der Waals surface area contributed by atoms with Gasteiger partial charge in [-0.15, -0.1) is 0 Å². The summed E-state index contributed by atoms with van der Waals surface area (Å²) in [6.07, 6.45) is 2.13. The van der Waals surface area contributed by atoms with Crippen molar-refractivity contribution in [1.82, 2.24) is 15.1 Å². The van der Waals surface area contributed by atoms with E-state index in [1.807, 2.05) is 30.3 Å². The number of rotatable bonds is 4. The van der Waals surface area contributed by atoms with Gasteiger partial charge in [0.1, 0.15) is 5.69 Å². The van der Waals surface area contributed by atoms with Crippen molar-refractivity contribution < 1.29 is 14.7 Å². The standard InChI is InChI=1S/C17H19N3O3/c1-20-15(10-14(19-20)11-6-3-2-4-7-11)16(21)18-13-9-5-8-12(13)17(22)23/h2-4,6-7,10,12-13H,5,8-9H2,1H3,(H,18,21)(H,22,23)/t12-,13+/m0/s1. The normalized spacial score (nSPS) is 20.4. The van der Waals surface area contributed by atoms with Gasteiger partial charge in [0.15, 0.2) is 0 Å². The number of nitrogens with zero attached hydrogens (tertiary/aromatic N) is 2. The van der Waals surface area contributed by atoms with Crippen LogP contribution in [0.15, 0.2) is 36.4 Å². The zero-order chi connectivity index (χ0) is 16.4. The quantitative estimate of drug-likeness (QED) is 0.905. The highest BCUT2D eigenvalue weighted by Gasteiger charge is 2.34. The highest BCUT2D eigenvalue weighted by molar-refractivity contribution is 5.94. The van der Waals surface area contributed by atoms with Crippen LogP contribution in [0.2, 0.25) is 0 Å². The molecule has 0 aliphatic heterocycles. The molecule has 0 bridgehead atoms. The zero-order valence-corrected chi connectivity index (χ0v) is 12.9. The molecule has 2 aromatic rings. The number of aromatic nitrogens is 2. The van der Waals surface area contributed by atoms with Crippen molar-refractivity contribution in [3.05, 3.63) is 42.1 Å². The molecule has 1 aliphatic rings. The number of benzene rings is 1. The minimum atomic E-state index is -0.845. The van der Waals surface area contributed by atoms with E-state index in [2.05, 4.69) is 10.4 Å². The van der Waals surface area contributed by atoms with E-state index in [-0.39, 0.29) is 11.9 Å². The number of carbonyl (C=O) groups is 2. The second-order valence-corrected chi connectivity index (χ2v) is 5.86. The van der Waals surface area contributed by atoms with Crippen LogP contribution in [-0.2, 0) is 11.8 Å². The Labute approximate surface area is 134 Å². The molecule has 1 aromatic carbocycles. The molecule has 0 spiro atoms. The topological polar surface area (TPSA) is 84.2 Å². The predicted molar refractivity (Wildman–Crippen MR) is 84.9 cm³/mol. The smallest absolute Gasteiger partial charge is 0.308 e. The first-order chi connectivity index (χ1) is 11.1. The van der Waals surface area contributed by atoms with Crippen LogP contribution in [-0.4, -0.2) is 32.8 Å². The summed E-state index contributed by atoms with van der Waals surface area (Å²) in [7, 11) is 1.71. The Hall–Kier alpha value is -2.63. The van der Waals surface area contributed by atoms with Crippen LogP contribution in [0.25, 0.3) is 11.3 Å². The summed E-state index contributed by atoms with van der Waals surface area (Å²) in [5.41, 5.74) is 2.09. The summed E-state index contributed by atoms with van der Waals surface area (Å²) >= 11 is 0. The van der Waals surface area contributed by atoms with E-state index >= 15 is 0 Å². The van der Waals surface area contributed by atoms with Gasteiger partial charge in [0.25, 0.3) is 5.91 Å². The number of aryl methyl sites for hydroxylation is 1. The molecule has 6 heteroatoms. The minimum Gasteiger partial charge on any atom is -0.481 e. The van der Waals surface area contributed by atoms with Gasteiger partial charge >= 0.3 is 5.97 Å². The van der Waals surface area contributed by atoms with Crippen molar-refractivity contribution >= 4 is 11.9 Å². The van der Waals surface area contributed by atoms with Gasteiger partial charge in [0, 0.05) is 18.7 Å². The number of carboxylic acids is 1. The molecule has 0 radical (unpaired) electrons. The molecule has 2 N–H and O–H groups in total. The first kappa shape index (κ1) is 15.3. The van der Waals surface area contributed by atoms with Crippen LogP contribution in [0.4, 0.5) is 0 Å².